The topological polar surface area (TPSA) is 59.1 Å². The van der Waals surface area contributed by atoms with Crippen LogP contribution >= 0.6 is 0 Å². The summed E-state index contributed by atoms with van der Waals surface area (Å²) >= 11 is 0. The average Bonchev–Trinajstić information content (AvgIpc) is 2.67. The molecular weight excluding hydrogens is 320 g/mol. The summed E-state index contributed by atoms with van der Waals surface area (Å²) in [5, 5.41) is 0. The van der Waals surface area contributed by atoms with Crippen molar-refractivity contribution in [1.29, 1.82) is 0 Å². The molecule has 1 aromatic carbocycles. The molecule has 0 atom stereocenters. The molecule has 2 heterocycles. The Morgan fingerprint density at radius 3 is 2.32 bits per heavy atom. The molecule has 6 nitrogen and oxygen atoms in total. The number of nitrogens with zero attached hydrogens (tertiary/aromatic N) is 2. The van der Waals surface area contributed by atoms with E-state index >= 15 is 0 Å². The molecule has 2 fully saturated rings. The molecule has 136 valence electrons. The van der Waals surface area contributed by atoms with E-state index in [-0.39, 0.29) is 24.3 Å². The molecule has 0 N–H and O–H groups in total. The lowest BCUT2D eigenvalue weighted by Crippen LogP contribution is -2.48. The van der Waals surface area contributed by atoms with Crippen molar-refractivity contribution < 1.29 is 19.1 Å². The molecule has 0 bridgehead atoms. The van der Waals surface area contributed by atoms with Crippen LogP contribution in [0, 0.1) is 12.8 Å². The zero-order chi connectivity index (χ0) is 17.6. The monoisotopic (exact) mass is 346 g/mol. The zero-order valence-corrected chi connectivity index (χ0v) is 14.8. The molecule has 25 heavy (non-hydrogen) atoms. The zero-order valence-electron chi connectivity index (χ0n) is 14.8. The van der Waals surface area contributed by atoms with Gasteiger partial charge in [-0.3, -0.25) is 9.59 Å². The van der Waals surface area contributed by atoms with Gasteiger partial charge in [-0.2, -0.15) is 0 Å². The molecule has 2 aliphatic heterocycles. The summed E-state index contributed by atoms with van der Waals surface area (Å²) in [5.41, 5.74) is 1.16. The number of piperidine rings is 1. The van der Waals surface area contributed by atoms with Crippen molar-refractivity contribution in [2.24, 2.45) is 5.92 Å². The lowest BCUT2D eigenvalue weighted by molar-refractivity contribution is -0.144. The van der Waals surface area contributed by atoms with Gasteiger partial charge < -0.3 is 19.3 Å². The quantitative estimate of drug-likeness (QED) is 0.828. The number of carbonyl (C=O) groups excluding carboxylic acids is 2. The van der Waals surface area contributed by atoms with Crippen LogP contribution in [-0.4, -0.2) is 67.6 Å². The number of rotatable bonds is 4. The lowest BCUT2D eigenvalue weighted by Gasteiger charge is -2.35. The van der Waals surface area contributed by atoms with Gasteiger partial charge in [0.1, 0.15) is 5.75 Å². The van der Waals surface area contributed by atoms with Crippen LogP contribution in [0.5, 0.6) is 5.75 Å². The van der Waals surface area contributed by atoms with Crippen molar-refractivity contribution in [3.05, 3.63) is 29.8 Å². The molecule has 2 saturated heterocycles. The summed E-state index contributed by atoms with van der Waals surface area (Å²) in [6, 6.07) is 7.66. The number of aryl methyl sites for hydroxylation is 1. The highest BCUT2D eigenvalue weighted by molar-refractivity contribution is 5.80. The van der Waals surface area contributed by atoms with Crippen molar-refractivity contribution in [1.82, 2.24) is 9.80 Å². The van der Waals surface area contributed by atoms with E-state index in [1.165, 1.54) is 0 Å². The maximum Gasteiger partial charge on any atom is 0.260 e. The molecule has 2 aliphatic rings. The van der Waals surface area contributed by atoms with E-state index in [9.17, 15) is 9.59 Å². The van der Waals surface area contributed by atoms with Gasteiger partial charge in [-0.1, -0.05) is 17.7 Å². The molecule has 0 saturated carbocycles. The predicted molar refractivity (Wildman–Crippen MR) is 93.4 cm³/mol. The SMILES string of the molecule is Cc1ccc(OCC(=O)N2CCC(C(=O)N3CCOCC3)CC2)cc1. The van der Waals surface area contributed by atoms with E-state index in [2.05, 4.69) is 0 Å². The van der Waals surface area contributed by atoms with E-state index in [0.29, 0.717) is 45.1 Å². The van der Waals surface area contributed by atoms with Gasteiger partial charge in [-0.15, -0.1) is 0 Å². The van der Waals surface area contributed by atoms with Gasteiger partial charge in [0.2, 0.25) is 5.91 Å². The third-order valence-corrected chi connectivity index (χ3v) is 4.90. The number of benzene rings is 1. The van der Waals surface area contributed by atoms with Gasteiger partial charge >= 0.3 is 0 Å². The molecule has 1 aromatic rings. The largest absolute Gasteiger partial charge is 0.484 e. The average molecular weight is 346 g/mol. The van der Waals surface area contributed by atoms with Gasteiger partial charge in [0.05, 0.1) is 13.2 Å². The van der Waals surface area contributed by atoms with E-state index in [1.807, 2.05) is 36.1 Å². The number of likely N-dealkylation sites (tertiary alicyclic amines) is 1. The van der Waals surface area contributed by atoms with E-state index in [1.54, 1.807) is 4.90 Å². The van der Waals surface area contributed by atoms with Crippen LogP contribution in [0.1, 0.15) is 18.4 Å². The minimum atomic E-state index is -0.0159. The molecule has 0 unspecified atom stereocenters. The third kappa shape index (κ3) is 4.72. The van der Waals surface area contributed by atoms with Gasteiger partial charge in [-0.25, -0.2) is 0 Å². The normalized spacial score (nSPS) is 18.9. The van der Waals surface area contributed by atoms with Crippen molar-refractivity contribution in [2.75, 3.05) is 46.0 Å². The number of amides is 2. The fourth-order valence-electron chi connectivity index (χ4n) is 3.29. The minimum absolute atomic E-state index is 0.0159. The number of ether oxygens (including phenoxy) is 2. The maximum absolute atomic E-state index is 12.5. The third-order valence-electron chi connectivity index (χ3n) is 4.90. The Kier molecular flexibility index (Phi) is 5.91. The molecule has 2 amide bonds. The smallest absolute Gasteiger partial charge is 0.260 e. The second kappa shape index (κ2) is 8.34. The highest BCUT2D eigenvalue weighted by atomic mass is 16.5. The predicted octanol–water partition coefficient (Wildman–Crippen LogP) is 1.47. The number of morpholine rings is 1. The van der Waals surface area contributed by atoms with Crippen LogP contribution in [-0.2, 0) is 14.3 Å². The highest BCUT2D eigenvalue weighted by Crippen LogP contribution is 2.21. The minimum Gasteiger partial charge on any atom is -0.484 e. The Bertz CT molecular complexity index is 588. The molecule has 0 spiro atoms. The highest BCUT2D eigenvalue weighted by Gasteiger charge is 2.30. The number of hydrogen-bond donors (Lipinski definition) is 0. The van der Waals surface area contributed by atoms with Crippen molar-refractivity contribution >= 4 is 11.8 Å². The summed E-state index contributed by atoms with van der Waals surface area (Å²) in [6.45, 7) is 5.92. The Morgan fingerprint density at radius 1 is 1.04 bits per heavy atom. The van der Waals surface area contributed by atoms with Crippen LogP contribution in [0.15, 0.2) is 24.3 Å². The molecule has 3 rings (SSSR count). The molecule has 0 aromatic heterocycles. The van der Waals surface area contributed by atoms with Crippen LogP contribution < -0.4 is 4.74 Å². The first kappa shape index (κ1) is 17.7. The molecule has 0 aliphatic carbocycles. The Hall–Kier alpha value is -2.08. The van der Waals surface area contributed by atoms with Crippen molar-refractivity contribution in [2.45, 2.75) is 19.8 Å². The van der Waals surface area contributed by atoms with E-state index < -0.39 is 0 Å². The van der Waals surface area contributed by atoms with Crippen molar-refractivity contribution in [3.8, 4) is 5.75 Å². The summed E-state index contributed by atoms with van der Waals surface area (Å²) in [6.07, 6.45) is 1.46. The summed E-state index contributed by atoms with van der Waals surface area (Å²) in [5.74, 6) is 0.931. The summed E-state index contributed by atoms with van der Waals surface area (Å²) in [4.78, 5) is 28.5. The van der Waals surface area contributed by atoms with Crippen LogP contribution in [0.4, 0.5) is 0 Å². The van der Waals surface area contributed by atoms with Crippen molar-refractivity contribution in [3.63, 3.8) is 0 Å². The van der Waals surface area contributed by atoms with Gasteiger partial charge in [-0.05, 0) is 31.9 Å². The maximum atomic E-state index is 12.5. The Balaban J connectivity index is 1.42. The fraction of sp³-hybridized carbons (Fsp3) is 0.579. The Morgan fingerprint density at radius 2 is 1.68 bits per heavy atom. The molecule has 0 radical (unpaired) electrons. The lowest BCUT2D eigenvalue weighted by atomic mass is 9.95. The van der Waals surface area contributed by atoms with Gasteiger partial charge in [0.15, 0.2) is 6.61 Å². The van der Waals surface area contributed by atoms with Crippen LogP contribution in [0.25, 0.3) is 0 Å². The number of hydrogen-bond acceptors (Lipinski definition) is 4. The first-order valence-electron chi connectivity index (χ1n) is 8.97. The van der Waals surface area contributed by atoms with Gasteiger partial charge in [0, 0.05) is 32.1 Å². The van der Waals surface area contributed by atoms with Gasteiger partial charge in [0.25, 0.3) is 5.91 Å². The first-order chi connectivity index (χ1) is 12.1. The second-order valence-corrected chi connectivity index (χ2v) is 6.69. The first-order valence-corrected chi connectivity index (χ1v) is 8.97. The molecule has 6 heteroatoms. The summed E-state index contributed by atoms with van der Waals surface area (Å²) < 4.78 is 10.9. The van der Waals surface area contributed by atoms with Crippen LogP contribution in [0.3, 0.4) is 0 Å². The van der Waals surface area contributed by atoms with E-state index in [4.69, 9.17) is 9.47 Å². The molecular formula is C19H26N2O4. The summed E-state index contributed by atoms with van der Waals surface area (Å²) in [7, 11) is 0. The fourth-order valence-corrected chi connectivity index (χ4v) is 3.29. The van der Waals surface area contributed by atoms with E-state index in [0.717, 1.165) is 18.4 Å². The number of carbonyl (C=O) groups is 2. The second-order valence-electron chi connectivity index (χ2n) is 6.69. The van der Waals surface area contributed by atoms with Crippen LogP contribution in [0.2, 0.25) is 0 Å². The standard InChI is InChI=1S/C19H26N2O4/c1-15-2-4-17(5-3-15)25-14-18(22)20-8-6-16(7-9-20)19(23)21-10-12-24-13-11-21/h2-5,16H,6-14H2,1H3. The Labute approximate surface area is 148 Å².